The molecule has 9 nitrogen and oxygen atoms in total. The van der Waals surface area contributed by atoms with Crippen molar-refractivity contribution >= 4 is 40.3 Å². The van der Waals surface area contributed by atoms with Gasteiger partial charge in [-0.1, -0.05) is 29.8 Å². The summed E-state index contributed by atoms with van der Waals surface area (Å²) in [6, 6.07) is 12.2. The van der Waals surface area contributed by atoms with Crippen molar-refractivity contribution in [3.05, 3.63) is 75.0 Å². The van der Waals surface area contributed by atoms with Crippen molar-refractivity contribution in [3.8, 4) is 5.75 Å². The number of esters is 1. The van der Waals surface area contributed by atoms with Crippen molar-refractivity contribution in [2.45, 2.75) is 0 Å². The van der Waals surface area contributed by atoms with Crippen LogP contribution in [-0.4, -0.2) is 36.5 Å². The molecule has 0 aliphatic rings. The standard InChI is InChI=1S/C20H16ClN3O6/c1-29-16-7-6-11(21)8-14(16)19(27)24-23-18(26)10-30-20(28)13-9-17(25)22-15-5-3-2-4-12(13)15/h2-9H,10H2,1H3,(H,22,25)(H,23,26)(H,24,27). The van der Waals surface area contributed by atoms with Crippen LogP contribution < -0.4 is 21.1 Å². The number of para-hydroxylation sites is 1. The number of rotatable bonds is 5. The van der Waals surface area contributed by atoms with Crippen LogP contribution in [0.1, 0.15) is 20.7 Å². The number of amides is 2. The van der Waals surface area contributed by atoms with E-state index >= 15 is 0 Å². The van der Waals surface area contributed by atoms with Gasteiger partial charge in [0.2, 0.25) is 5.56 Å². The fourth-order valence-electron chi connectivity index (χ4n) is 2.67. The number of hydrogen-bond donors (Lipinski definition) is 3. The lowest BCUT2D eigenvalue weighted by Crippen LogP contribution is -2.43. The van der Waals surface area contributed by atoms with Crippen molar-refractivity contribution in [2.24, 2.45) is 0 Å². The Kier molecular flexibility index (Phi) is 6.33. The first-order chi connectivity index (χ1) is 14.4. The molecule has 1 aromatic heterocycles. The van der Waals surface area contributed by atoms with Crippen LogP contribution in [0.25, 0.3) is 10.9 Å². The molecule has 154 valence electrons. The molecule has 0 saturated carbocycles. The van der Waals surface area contributed by atoms with Crippen LogP contribution in [-0.2, 0) is 9.53 Å². The van der Waals surface area contributed by atoms with Gasteiger partial charge in [0, 0.05) is 22.0 Å². The maximum absolute atomic E-state index is 12.3. The largest absolute Gasteiger partial charge is 0.496 e. The number of benzene rings is 2. The molecule has 1 heterocycles. The number of carbonyl (C=O) groups is 3. The average Bonchev–Trinajstić information content (AvgIpc) is 2.75. The van der Waals surface area contributed by atoms with E-state index in [9.17, 15) is 19.2 Å². The van der Waals surface area contributed by atoms with Crippen molar-refractivity contribution in [2.75, 3.05) is 13.7 Å². The molecule has 2 aromatic carbocycles. The first kappa shape index (κ1) is 20.9. The molecule has 0 radical (unpaired) electrons. The number of ether oxygens (including phenoxy) is 2. The normalized spacial score (nSPS) is 10.3. The third-order valence-corrected chi connectivity index (χ3v) is 4.26. The number of fused-ring (bicyclic) bond motifs is 1. The molecule has 2 amide bonds. The second kappa shape index (κ2) is 9.10. The van der Waals surface area contributed by atoms with Crippen LogP contribution in [0.2, 0.25) is 5.02 Å². The number of nitrogens with one attached hydrogen (secondary N) is 3. The smallest absolute Gasteiger partial charge is 0.339 e. The summed E-state index contributed by atoms with van der Waals surface area (Å²) in [5.41, 5.74) is 4.42. The van der Waals surface area contributed by atoms with E-state index in [1.54, 1.807) is 30.3 Å². The molecule has 0 fully saturated rings. The SMILES string of the molecule is COc1ccc(Cl)cc1C(=O)NNC(=O)COC(=O)c1cc(=O)[nH]c2ccccc12. The zero-order valence-corrected chi connectivity index (χ0v) is 16.4. The highest BCUT2D eigenvalue weighted by Crippen LogP contribution is 2.22. The highest BCUT2D eigenvalue weighted by molar-refractivity contribution is 6.31. The van der Waals surface area contributed by atoms with E-state index in [1.807, 2.05) is 0 Å². The van der Waals surface area contributed by atoms with Gasteiger partial charge < -0.3 is 14.5 Å². The molecule has 0 atom stereocenters. The monoisotopic (exact) mass is 429 g/mol. The van der Waals surface area contributed by atoms with Gasteiger partial charge in [0.15, 0.2) is 6.61 Å². The number of halogens is 1. The molecule has 0 spiro atoms. The molecule has 10 heteroatoms. The predicted octanol–water partition coefficient (Wildman–Crippen LogP) is 1.81. The molecule has 0 unspecified atom stereocenters. The third-order valence-electron chi connectivity index (χ3n) is 4.03. The number of pyridine rings is 1. The zero-order chi connectivity index (χ0) is 21.7. The Morgan fingerprint density at radius 2 is 1.80 bits per heavy atom. The number of H-pyrrole nitrogens is 1. The molecule has 3 N–H and O–H groups in total. The number of aromatic nitrogens is 1. The van der Waals surface area contributed by atoms with Gasteiger partial charge in [0.05, 0.1) is 18.2 Å². The Bertz CT molecular complexity index is 1190. The summed E-state index contributed by atoms with van der Waals surface area (Å²) < 4.78 is 10.0. The van der Waals surface area contributed by atoms with Gasteiger partial charge in [0.25, 0.3) is 11.8 Å². The minimum absolute atomic E-state index is 0.0230. The topological polar surface area (TPSA) is 127 Å². The molecular weight excluding hydrogens is 414 g/mol. The number of carbonyl (C=O) groups excluding carboxylic acids is 3. The summed E-state index contributed by atoms with van der Waals surface area (Å²) in [4.78, 5) is 50.8. The second-order valence-electron chi connectivity index (χ2n) is 6.02. The Morgan fingerprint density at radius 3 is 2.57 bits per heavy atom. The highest BCUT2D eigenvalue weighted by atomic mass is 35.5. The third kappa shape index (κ3) is 4.76. The quantitative estimate of drug-likeness (QED) is 0.419. The summed E-state index contributed by atoms with van der Waals surface area (Å²) in [7, 11) is 1.39. The lowest BCUT2D eigenvalue weighted by atomic mass is 10.1. The summed E-state index contributed by atoms with van der Waals surface area (Å²) in [5.74, 6) is -2.05. The molecule has 0 bridgehead atoms. The molecule has 3 rings (SSSR count). The molecule has 30 heavy (non-hydrogen) atoms. The van der Waals surface area contributed by atoms with Crippen LogP contribution >= 0.6 is 11.6 Å². The average molecular weight is 430 g/mol. The van der Waals surface area contributed by atoms with Gasteiger partial charge >= 0.3 is 5.97 Å². The maximum Gasteiger partial charge on any atom is 0.339 e. The van der Waals surface area contributed by atoms with Gasteiger partial charge in [-0.3, -0.25) is 25.2 Å². The number of hydrazine groups is 1. The van der Waals surface area contributed by atoms with Gasteiger partial charge in [0.1, 0.15) is 5.75 Å². The predicted molar refractivity (Wildman–Crippen MR) is 108 cm³/mol. The Morgan fingerprint density at radius 1 is 1.03 bits per heavy atom. The maximum atomic E-state index is 12.3. The summed E-state index contributed by atoms with van der Waals surface area (Å²) in [6.45, 7) is -0.674. The Balaban J connectivity index is 1.60. The highest BCUT2D eigenvalue weighted by Gasteiger charge is 2.17. The van der Waals surface area contributed by atoms with Crippen LogP contribution in [0, 0.1) is 0 Å². The molecule has 3 aromatic rings. The number of aromatic amines is 1. The lowest BCUT2D eigenvalue weighted by molar-refractivity contribution is -0.125. The van der Waals surface area contributed by atoms with Crippen LogP contribution in [0.5, 0.6) is 5.75 Å². The van der Waals surface area contributed by atoms with Crippen molar-refractivity contribution in [3.63, 3.8) is 0 Å². The van der Waals surface area contributed by atoms with Crippen LogP contribution in [0.15, 0.2) is 53.3 Å². The fraction of sp³-hybridized carbons (Fsp3) is 0.100. The van der Waals surface area contributed by atoms with Gasteiger partial charge in [-0.15, -0.1) is 0 Å². The van der Waals surface area contributed by atoms with E-state index in [0.29, 0.717) is 15.9 Å². The molecule has 0 aliphatic heterocycles. The second-order valence-corrected chi connectivity index (χ2v) is 6.45. The minimum atomic E-state index is -0.852. The first-order valence-electron chi connectivity index (χ1n) is 8.61. The fourth-order valence-corrected chi connectivity index (χ4v) is 2.84. The van der Waals surface area contributed by atoms with Gasteiger partial charge in [-0.25, -0.2) is 4.79 Å². The zero-order valence-electron chi connectivity index (χ0n) is 15.7. The number of methoxy groups -OCH3 is 1. The molecule has 0 saturated heterocycles. The van der Waals surface area contributed by atoms with Gasteiger partial charge in [-0.2, -0.15) is 0 Å². The first-order valence-corrected chi connectivity index (χ1v) is 8.98. The van der Waals surface area contributed by atoms with E-state index in [1.165, 1.54) is 19.2 Å². The Labute approximate surface area is 174 Å². The molecule has 0 aliphatic carbocycles. The van der Waals surface area contributed by atoms with Crippen molar-refractivity contribution < 1.29 is 23.9 Å². The lowest BCUT2D eigenvalue weighted by Gasteiger charge is -2.11. The van der Waals surface area contributed by atoms with Crippen LogP contribution in [0.3, 0.4) is 0 Å². The van der Waals surface area contributed by atoms with E-state index < -0.39 is 29.9 Å². The summed E-state index contributed by atoms with van der Waals surface area (Å²) in [6.07, 6.45) is 0. The summed E-state index contributed by atoms with van der Waals surface area (Å²) in [5, 5.41) is 0.787. The number of hydrogen-bond acceptors (Lipinski definition) is 6. The van der Waals surface area contributed by atoms with E-state index in [4.69, 9.17) is 21.1 Å². The van der Waals surface area contributed by atoms with E-state index in [2.05, 4.69) is 15.8 Å². The van der Waals surface area contributed by atoms with Crippen molar-refractivity contribution in [1.29, 1.82) is 0 Å². The summed E-state index contributed by atoms with van der Waals surface area (Å²) >= 11 is 5.87. The van der Waals surface area contributed by atoms with E-state index in [-0.39, 0.29) is 16.9 Å². The van der Waals surface area contributed by atoms with Gasteiger partial charge in [-0.05, 0) is 24.3 Å². The Hall–Kier alpha value is -3.85. The minimum Gasteiger partial charge on any atom is -0.496 e. The van der Waals surface area contributed by atoms with Crippen LogP contribution in [0.4, 0.5) is 0 Å². The van der Waals surface area contributed by atoms with Crippen molar-refractivity contribution in [1.82, 2.24) is 15.8 Å². The van der Waals surface area contributed by atoms with E-state index in [0.717, 1.165) is 6.07 Å². The molecular formula is C20H16ClN3O6.